The molecule has 2 aromatic heterocycles. The Labute approximate surface area is 236 Å². The predicted molar refractivity (Wildman–Crippen MR) is 157 cm³/mol. The summed E-state index contributed by atoms with van der Waals surface area (Å²) in [5.74, 6) is 0.819. The highest BCUT2D eigenvalue weighted by molar-refractivity contribution is 6.33. The van der Waals surface area contributed by atoms with Crippen molar-refractivity contribution in [3.63, 3.8) is 0 Å². The summed E-state index contributed by atoms with van der Waals surface area (Å²) < 4.78 is 0. The van der Waals surface area contributed by atoms with E-state index < -0.39 is 0 Å². The Balaban J connectivity index is 1.25. The van der Waals surface area contributed by atoms with Crippen LogP contribution in [0.5, 0.6) is 0 Å². The molecule has 1 aliphatic rings. The number of H-pyrrole nitrogens is 1. The van der Waals surface area contributed by atoms with Gasteiger partial charge in [-0.1, -0.05) is 30.7 Å². The molecular formula is C27H31ClN10O2. The molecule has 5 N–H and O–H groups in total. The van der Waals surface area contributed by atoms with Gasteiger partial charge in [0.1, 0.15) is 5.02 Å². The number of rotatable bonds is 9. The van der Waals surface area contributed by atoms with E-state index in [1.54, 1.807) is 25.2 Å². The first-order valence-corrected chi connectivity index (χ1v) is 13.4. The molecule has 2 aromatic carbocycles. The summed E-state index contributed by atoms with van der Waals surface area (Å²) >= 11 is 6.34. The van der Waals surface area contributed by atoms with E-state index in [2.05, 4.69) is 58.2 Å². The van der Waals surface area contributed by atoms with Gasteiger partial charge in [0.25, 0.3) is 5.91 Å². The van der Waals surface area contributed by atoms with Gasteiger partial charge in [-0.05, 0) is 36.9 Å². The van der Waals surface area contributed by atoms with E-state index in [4.69, 9.17) is 11.6 Å². The fourth-order valence-corrected chi connectivity index (χ4v) is 4.67. The molecule has 1 saturated heterocycles. The lowest BCUT2D eigenvalue weighted by molar-refractivity contribution is -0.117. The maximum Gasteiger partial charge on any atom is 0.253 e. The van der Waals surface area contributed by atoms with Gasteiger partial charge in [0.15, 0.2) is 11.6 Å². The van der Waals surface area contributed by atoms with Crippen molar-refractivity contribution in [1.82, 2.24) is 35.3 Å². The van der Waals surface area contributed by atoms with Crippen LogP contribution < -0.4 is 21.3 Å². The molecule has 5 rings (SSSR count). The number of anilines is 5. The topological polar surface area (TPSA) is 143 Å². The molecule has 1 fully saturated rings. The zero-order valence-electron chi connectivity index (χ0n) is 22.3. The van der Waals surface area contributed by atoms with Crippen molar-refractivity contribution >= 4 is 63.3 Å². The van der Waals surface area contributed by atoms with Crippen molar-refractivity contribution in [1.29, 1.82) is 0 Å². The highest BCUT2D eigenvalue weighted by atomic mass is 35.5. The van der Waals surface area contributed by atoms with E-state index in [0.29, 0.717) is 46.1 Å². The second-order valence-electron chi connectivity index (χ2n) is 9.36. The lowest BCUT2D eigenvalue weighted by atomic mass is 10.1. The minimum Gasteiger partial charge on any atom is -0.355 e. The molecule has 0 aliphatic carbocycles. The van der Waals surface area contributed by atoms with Crippen molar-refractivity contribution in [3.8, 4) is 0 Å². The van der Waals surface area contributed by atoms with Crippen molar-refractivity contribution in [2.75, 3.05) is 62.3 Å². The van der Waals surface area contributed by atoms with Crippen LogP contribution in [0.25, 0.3) is 10.9 Å². The normalized spacial score (nSPS) is 14.2. The van der Waals surface area contributed by atoms with Gasteiger partial charge in [0.05, 0.1) is 29.5 Å². The van der Waals surface area contributed by atoms with Crippen LogP contribution in [0.4, 0.5) is 29.0 Å². The smallest absolute Gasteiger partial charge is 0.253 e. The largest absolute Gasteiger partial charge is 0.355 e. The van der Waals surface area contributed by atoms with E-state index in [0.717, 1.165) is 43.6 Å². The number of nitrogens with zero attached hydrogens (tertiary/aromatic N) is 5. The van der Waals surface area contributed by atoms with E-state index in [1.165, 1.54) is 6.20 Å². The number of para-hydroxylation sites is 1. The summed E-state index contributed by atoms with van der Waals surface area (Å²) in [6.07, 6.45) is 1.48. The molecule has 0 atom stereocenters. The zero-order chi connectivity index (χ0) is 28.1. The third-order valence-electron chi connectivity index (χ3n) is 6.75. The molecule has 4 aromatic rings. The van der Waals surface area contributed by atoms with Crippen LogP contribution in [-0.2, 0) is 4.79 Å². The van der Waals surface area contributed by atoms with Crippen molar-refractivity contribution < 1.29 is 9.59 Å². The van der Waals surface area contributed by atoms with Crippen LogP contribution >= 0.6 is 11.6 Å². The van der Waals surface area contributed by atoms with Gasteiger partial charge in [-0.2, -0.15) is 10.1 Å². The molecule has 208 valence electrons. The number of benzene rings is 2. The SMILES string of the molecule is CCN1CCN(CC(=O)Nc2n[nH]c3cc(Nc4ncc(Cl)c(Nc5ccccc5C(=O)NC)n4)ccc23)CC1. The number of hydrogen-bond acceptors (Lipinski definition) is 9. The third-order valence-corrected chi connectivity index (χ3v) is 7.03. The molecule has 3 heterocycles. The number of aromatic amines is 1. The monoisotopic (exact) mass is 562 g/mol. The summed E-state index contributed by atoms with van der Waals surface area (Å²) in [7, 11) is 1.57. The van der Waals surface area contributed by atoms with Crippen molar-refractivity contribution in [2.45, 2.75) is 6.92 Å². The number of carbonyl (C=O) groups is 2. The molecule has 40 heavy (non-hydrogen) atoms. The zero-order valence-corrected chi connectivity index (χ0v) is 23.0. The Kier molecular flexibility index (Phi) is 8.39. The van der Waals surface area contributed by atoms with Gasteiger partial charge in [-0.25, -0.2) is 4.98 Å². The molecular weight excluding hydrogens is 532 g/mol. The molecule has 0 saturated carbocycles. The minimum atomic E-state index is -0.232. The third kappa shape index (κ3) is 6.30. The maximum absolute atomic E-state index is 12.7. The number of nitrogens with one attached hydrogen (secondary N) is 5. The van der Waals surface area contributed by atoms with Crippen molar-refractivity contribution in [3.05, 3.63) is 59.2 Å². The summed E-state index contributed by atoms with van der Waals surface area (Å²) in [5, 5.41) is 20.2. The molecule has 13 heteroatoms. The second kappa shape index (κ2) is 12.3. The molecule has 2 amide bonds. The highest BCUT2D eigenvalue weighted by Crippen LogP contribution is 2.28. The van der Waals surface area contributed by atoms with E-state index in [9.17, 15) is 9.59 Å². The van der Waals surface area contributed by atoms with Crippen LogP contribution in [0.15, 0.2) is 48.7 Å². The lowest BCUT2D eigenvalue weighted by Gasteiger charge is -2.33. The summed E-state index contributed by atoms with van der Waals surface area (Å²) in [5.41, 5.74) is 2.47. The standard InChI is InChI=1S/C27H31ClN10O2/c1-3-37-10-12-38(13-11-37)16-23(39)33-24-18-9-8-17(14-22(18)35-36-24)31-27-30-15-20(28)25(34-27)32-21-7-5-4-6-19(21)26(40)29-2/h4-9,14-15H,3,10-13,16H2,1-2H3,(H,29,40)(H2,30,31,32,34)(H2,33,35,36,39). The number of amides is 2. The summed E-state index contributed by atoms with van der Waals surface area (Å²) in [6, 6.07) is 12.6. The average Bonchev–Trinajstić information content (AvgIpc) is 3.36. The maximum atomic E-state index is 12.7. The Bertz CT molecular complexity index is 1520. The van der Waals surface area contributed by atoms with Crippen LogP contribution in [-0.4, -0.2) is 88.1 Å². The average molecular weight is 563 g/mol. The van der Waals surface area contributed by atoms with Crippen LogP contribution in [0.3, 0.4) is 0 Å². The molecule has 0 unspecified atom stereocenters. The van der Waals surface area contributed by atoms with Crippen LogP contribution in [0, 0.1) is 0 Å². The van der Waals surface area contributed by atoms with Gasteiger partial charge in [0.2, 0.25) is 11.9 Å². The molecule has 0 spiro atoms. The number of aromatic nitrogens is 4. The molecule has 0 radical (unpaired) electrons. The van der Waals surface area contributed by atoms with Gasteiger partial charge < -0.3 is 26.2 Å². The Hall–Kier alpha value is -4.26. The number of halogens is 1. The summed E-state index contributed by atoms with van der Waals surface area (Å²) in [6.45, 7) is 7.23. The van der Waals surface area contributed by atoms with Gasteiger partial charge in [-0.15, -0.1) is 0 Å². The van der Waals surface area contributed by atoms with E-state index in [1.807, 2.05) is 24.3 Å². The first kappa shape index (κ1) is 27.3. The first-order chi connectivity index (χ1) is 19.4. The molecule has 12 nitrogen and oxygen atoms in total. The number of carbonyl (C=O) groups excluding carboxylic acids is 2. The molecule has 1 aliphatic heterocycles. The van der Waals surface area contributed by atoms with Gasteiger partial charge >= 0.3 is 0 Å². The van der Waals surface area contributed by atoms with Gasteiger partial charge in [-0.3, -0.25) is 19.6 Å². The Morgan fingerprint density at radius 1 is 1.02 bits per heavy atom. The van der Waals surface area contributed by atoms with Crippen LogP contribution in [0.1, 0.15) is 17.3 Å². The minimum absolute atomic E-state index is 0.0897. The summed E-state index contributed by atoms with van der Waals surface area (Å²) in [4.78, 5) is 38.2. The predicted octanol–water partition coefficient (Wildman–Crippen LogP) is 3.43. The fourth-order valence-electron chi connectivity index (χ4n) is 4.53. The second-order valence-corrected chi connectivity index (χ2v) is 9.76. The molecule has 0 bridgehead atoms. The Morgan fingerprint density at radius 2 is 1.80 bits per heavy atom. The van der Waals surface area contributed by atoms with E-state index in [-0.39, 0.29) is 11.8 Å². The van der Waals surface area contributed by atoms with Crippen molar-refractivity contribution in [2.24, 2.45) is 0 Å². The number of fused-ring (bicyclic) bond motifs is 1. The van der Waals surface area contributed by atoms with E-state index >= 15 is 0 Å². The number of hydrogen-bond donors (Lipinski definition) is 5. The lowest BCUT2D eigenvalue weighted by Crippen LogP contribution is -2.48. The fraction of sp³-hybridized carbons (Fsp3) is 0.296. The quantitative estimate of drug-likeness (QED) is 0.207. The highest BCUT2D eigenvalue weighted by Gasteiger charge is 2.19. The number of likely N-dealkylation sites (N-methyl/N-ethyl adjacent to an activating group) is 1. The van der Waals surface area contributed by atoms with Crippen LogP contribution in [0.2, 0.25) is 5.02 Å². The number of piperazine rings is 1. The van der Waals surface area contributed by atoms with Gasteiger partial charge in [0, 0.05) is 44.3 Å². The first-order valence-electron chi connectivity index (χ1n) is 13.0. The Morgan fingerprint density at radius 3 is 2.58 bits per heavy atom.